The highest BCUT2D eigenvalue weighted by Gasteiger charge is 2.30. The fraction of sp³-hybridized carbons (Fsp3) is 0.951. The summed E-state index contributed by atoms with van der Waals surface area (Å²) in [5.41, 5.74) is 0. The van der Waals surface area contributed by atoms with Crippen molar-refractivity contribution in [2.75, 3.05) is 39.6 Å². The fourth-order valence-corrected chi connectivity index (χ4v) is 14.3. The van der Waals surface area contributed by atoms with Crippen molar-refractivity contribution >= 4 is 39.5 Å². The summed E-state index contributed by atoms with van der Waals surface area (Å²) < 4.78 is 68.7. The van der Waals surface area contributed by atoms with Crippen LogP contribution in [0.5, 0.6) is 0 Å². The number of phosphoric acid groups is 2. The molecule has 0 spiro atoms. The molecule has 0 aliphatic heterocycles. The minimum Gasteiger partial charge on any atom is -0.462 e. The number of hydrogen-bond donors (Lipinski definition) is 3. The first kappa shape index (κ1) is 99.1. The third-order valence-corrected chi connectivity index (χ3v) is 21.5. The van der Waals surface area contributed by atoms with Crippen molar-refractivity contribution in [1.29, 1.82) is 0 Å². The van der Waals surface area contributed by atoms with Crippen molar-refractivity contribution in [3.63, 3.8) is 0 Å². The van der Waals surface area contributed by atoms with Crippen LogP contribution in [-0.2, 0) is 65.4 Å². The predicted octanol–water partition coefficient (Wildman–Crippen LogP) is 24.7. The molecule has 0 heterocycles. The first-order chi connectivity index (χ1) is 48.9. The molecule has 0 amide bonds. The average molecular weight is 1480 g/mol. The van der Waals surface area contributed by atoms with Gasteiger partial charge in [0.05, 0.1) is 26.4 Å². The Labute approximate surface area is 619 Å². The molecule has 3 N–H and O–H groups in total. The van der Waals surface area contributed by atoms with Crippen LogP contribution in [0.25, 0.3) is 0 Å². The normalized spacial score (nSPS) is 14.2. The van der Waals surface area contributed by atoms with Crippen molar-refractivity contribution in [3.05, 3.63) is 0 Å². The van der Waals surface area contributed by atoms with Gasteiger partial charge in [0.25, 0.3) is 0 Å². The van der Waals surface area contributed by atoms with Gasteiger partial charge in [-0.15, -0.1) is 0 Å². The van der Waals surface area contributed by atoms with Crippen LogP contribution in [0.1, 0.15) is 433 Å². The summed E-state index contributed by atoms with van der Waals surface area (Å²) in [4.78, 5) is 73.0. The van der Waals surface area contributed by atoms with E-state index in [4.69, 9.17) is 37.0 Å². The van der Waals surface area contributed by atoms with Crippen LogP contribution in [0.4, 0.5) is 0 Å². The number of aliphatic hydroxyl groups is 1. The topological polar surface area (TPSA) is 237 Å². The van der Waals surface area contributed by atoms with E-state index in [2.05, 4.69) is 41.5 Å². The second-order valence-electron chi connectivity index (χ2n) is 30.2. The van der Waals surface area contributed by atoms with Crippen molar-refractivity contribution in [3.8, 4) is 0 Å². The number of aliphatic hydroxyl groups excluding tert-OH is 1. The van der Waals surface area contributed by atoms with Gasteiger partial charge < -0.3 is 33.8 Å². The summed E-state index contributed by atoms with van der Waals surface area (Å²) in [6, 6.07) is 0. The van der Waals surface area contributed by atoms with E-state index in [1.807, 2.05) is 0 Å². The minimum absolute atomic E-state index is 0.107. The summed E-state index contributed by atoms with van der Waals surface area (Å²) >= 11 is 0. The van der Waals surface area contributed by atoms with Crippen molar-refractivity contribution in [2.45, 2.75) is 452 Å². The molecule has 0 aromatic rings. The molecule has 17 nitrogen and oxygen atoms in total. The van der Waals surface area contributed by atoms with Gasteiger partial charge in [-0.05, 0) is 37.5 Å². The van der Waals surface area contributed by atoms with Crippen LogP contribution in [0.2, 0.25) is 0 Å². The lowest BCUT2D eigenvalue weighted by Crippen LogP contribution is -2.30. The Balaban J connectivity index is 5.23. The van der Waals surface area contributed by atoms with Gasteiger partial charge in [-0.1, -0.05) is 382 Å². The van der Waals surface area contributed by atoms with Crippen molar-refractivity contribution < 1.29 is 80.2 Å². The van der Waals surface area contributed by atoms with E-state index in [1.165, 1.54) is 244 Å². The lowest BCUT2D eigenvalue weighted by atomic mass is 9.99. The van der Waals surface area contributed by atoms with Crippen molar-refractivity contribution in [2.24, 2.45) is 11.8 Å². The molecule has 600 valence electrons. The molecule has 0 bridgehead atoms. The summed E-state index contributed by atoms with van der Waals surface area (Å²) in [5, 5.41) is 10.6. The summed E-state index contributed by atoms with van der Waals surface area (Å²) in [6.45, 7) is 9.64. The van der Waals surface area contributed by atoms with Crippen LogP contribution in [0.15, 0.2) is 0 Å². The first-order valence-electron chi connectivity index (χ1n) is 42.5. The smallest absolute Gasteiger partial charge is 0.462 e. The Morgan fingerprint density at radius 2 is 0.505 bits per heavy atom. The van der Waals surface area contributed by atoms with Gasteiger partial charge in [-0.3, -0.25) is 37.3 Å². The highest BCUT2D eigenvalue weighted by Crippen LogP contribution is 2.45. The number of unbranched alkanes of at least 4 members (excludes halogenated alkanes) is 50. The number of carbonyl (C=O) groups is 4. The van der Waals surface area contributed by atoms with Gasteiger partial charge in [-0.25, -0.2) is 9.13 Å². The Bertz CT molecular complexity index is 1940. The molecule has 0 aromatic heterocycles. The second-order valence-corrected chi connectivity index (χ2v) is 33.1. The Morgan fingerprint density at radius 1 is 0.287 bits per heavy atom. The molecular weight excluding hydrogens is 1320 g/mol. The highest BCUT2D eigenvalue weighted by atomic mass is 31.2. The van der Waals surface area contributed by atoms with E-state index in [0.717, 1.165) is 102 Å². The second kappa shape index (κ2) is 73.6. The highest BCUT2D eigenvalue weighted by molar-refractivity contribution is 7.47. The monoisotopic (exact) mass is 1480 g/mol. The van der Waals surface area contributed by atoms with E-state index in [0.29, 0.717) is 31.6 Å². The number of rotatable bonds is 81. The number of hydrogen-bond acceptors (Lipinski definition) is 15. The Hall–Kier alpha value is -1.94. The van der Waals surface area contributed by atoms with Crippen LogP contribution >= 0.6 is 15.6 Å². The number of phosphoric ester groups is 2. The maximum Gasteiger partial charge on any atom is 0.472 e. The molecule has 3 unspecified atom stereocenters. The van der Waals surface area contributed by atoms with E-state index >= 15 is 0 Å². The third kappa shape index (κ3) is 74.7. The molecule has 0 saturated heterocycles. The lowest BCUT2D eigenvalue weighted by molar-refractivity contribution is -0.161. The van der Waals surface area contributed by atoms with Gasteiger partial charge in [-0.2, -0.15) is 0 Å². The molecule has 6 atom stereocenters. The standard InChI is InChI=1S/C82H160O17P2/c1-7-10-12-14-16-18-20-22-23-24-25-26-27-28-34-38-42-48-55-61-67-82(87)98-77(70-92-79(84)64-58-52-46-40-36-33-30-29-32-35-39-45-51-57-63-75(6)9-3)72-96-100(88,89)94-68-76(83)69-95-101(90,91)97-73-78(71-93-80(85)65-59-53-49-43-44-50-56-62-74(4)5)99-81(86)66-60-54-47-41-37-31-21-19-17-15-13-11-8-2/h74-78,83H,7-73H2,1-6H3,(H,88,89)(H,90,91)/t75?,76-,77-,78-/m1/s1. The molecule has 0 radical (unpaired) electrons. The zero-order valence-electron chi connectivity index (χ0n) is 66.2. The van der Waals surface area contributed by atoms with E-state index in [1.54, 1.807) is 0 Å². The molecule has 0 saturated carbocycles. The Kier molecular flexibility index (Phi) is 72.2. The van der Waals surface area contributed by atoms with E-state index in [-0.39, 0.29) is 25.7 Å². The van der Waals surface area contributed by atoms with Gasteiger partial charge in [0.15, 0.2) is 12.2 Å². The molecule has 0 aromatic carbocycles. The third-order valence-electron chi connectivity index (χ3n) is 19.6. The quantitative estimate of drug-likeness (QED) is 0.0222. The molecule has 0 aliphatic rings. The van der Waals surface area contributed by atoms with Gasteiger partial charge in [0.2, 0.25) is 0 Å². The predicted molar refractivity (Wildman–Crippen MR) is 414 cm³/mol. The zero-order chi connectivity index (χ0) is 74.2. The van der Waals surface area contributed by atoms with Gasteiger partial charge in [0, 0.05) is 25.7 Å². The van der Waals surface area contributed by atoms with Crippen molar-refractivity contribution in [1.82, 2.24) is 0 Å². The number of esters is 4. The summed E-state index contributed by atoms with van der Waals surface area (Å²) in [5.74, 6) is -0.552. The maximum absolute atomic E-state index is 13.1. The van der Waals surface area contributed by atoms with E-state index < -0.39 is 97.5 Å². The molecule has 0 aliphatic carbocycles. The number of carbonyl (C=O) groups excluding carboxylic acids is 4. The van der Waals surface area contributed by atoms with Crippen LogP contribution < -0.4 is 0 Å². The average Bonchev–Trinajstić information content (AvgIpc) is 1.17. The lowest BCUT2D eigenvalue weighted by Gasteiger charge is -2.21. The molecule has 0 rings (SSSR count). The van der Waals surface area contributed by atoms with E-state index in [9.17, 15) is 43.2 Å². The maximum atomic E-state index is 13.1. The van der Waals surface area contributed by atoms with Gasteiger partial charge >= 0.3 is 39.5 Å². The van der Waals surface area contributed by atoms with Crippen LogP contribution in [0.3, 0.4) is 0 Å². The molecule has 0 fully saturated rings. The van der Waals surface area contributed by atoms with Crippen LogP contribution in [0, 0.1) is 11.8 Å². The first-order valence-corrected chi connectivity index (χ1v) is 45.5. The fourth-order valence-electron chi connectivity index (χ4n) is 12.7. The molecule has 101 heavy (non-hydrogen) atoms. The largest absolute Gasteiger partial charge is 0.472 e. The molecular formula is C82H160O17P2. The molecule has 19 heteroatoms. The zero-order valence-corrected chi connectivity index (χ0v) is 68.0. The SMILES string of the molecule is CCCCCCCCCCCCCCCCCCCCCCC(=O)O[C@H](COC(=O)CCCCCCCCCCCCCCCCC(C)CC)COP(=O)(O)OC[C@@H](O)COP(=O)(O)OC[C@@H](COC(=O)CCCCCCCCCC(C)C)OC(=O)CCCCCCCCCCCCCCC. The van der Waals surface area contributed by atoms with Crippen LogP contribution in [-0.4, -0.2) is 96.7 Å². The number of ether oxygens (including phenoxy) is 4. The Morgan fingerprint density at radius 3 is 0.752 bits per heavy atom. The summed E-state index contributed by atoms with van der Waals surface area (Å²) in [6.07, 6.45) is 63.9. The van der Waals surface area contributed by atoms with Gasteiger partial charge in [0.1, 0.15) is 19.3 Å². The minimum atomic E-state index is -4.96. The summed E-state index contributed by atoms with van der Waals surface area (Å²) in [7, 11) is -9.92.